The minimum absolute atomic E-state index is 0.150. The van der Waals surface area contributed by atoms with Gasteiger partial charge in [0.05, 0.1) is 12.2 Å². The van der Waals surface area contributed by atoms with E-state index in [1.165, 1.54) is 18.2 Å². The van der Waals surface area contributed by atoms with Gasteiger partial charge in [-0.3, -0.25) is 4.79 Å². The van der Waals surface area contributed by atoms with Crippen LogP contribution in [0.3, 0.4) is 0 Å². The number of halogens is 3. The van der Waals surface area contributed by atoms with Crippen molar-refractivity contribution in [3.8, 4) is 0 Å². The van der Waals surface area contributed by atoms with Gasteiger partial charge in [-0.05, 0) is 48.6 Å². The highest BCUT2D eigenvalue weighted by Crippen LogP contribution is 2.31. The molecule has 1 heterocycles. The molecule has 3 nitrogen and oxygen atoms in total. The standard InChI is InChI=1S/C16H18F3NO2/c17-16(18,19)14-6-4-12(13(10-14)11-21)5-7-15(22)20-8-2-1-3-9-20/h4-7,10,21H,1-3,8-9,11H2. The van der Waals surface area contributed by atoms with E-state index in [0.717, 1.165) is 31.4 Å². The predicted molar refractivity (Wildman–Crippen MR) is 76.8 cm³/mol. The molecule has 0 bridgehead atoms. The van der Waals surface area contributed by atoms with Crippen LogP contribution >= 0.6 is 0 Å². The maximum Gasteiger partial charge on any atom is 0.416 e. The predicted octanol–water partition coefficient (Wildman–Crippen LogP) is 3.22. The van der Waals surface area contributed by atoms with Crippen molar-refractivity contribution in [2.45, 2.75) is 32.0 Å². The van der Waals surface area contributed by atoms with E-state index in [9.17, 15) is 23.1 Å². The number of hydrogen-bond donors (Lipinski definition) is 1. The van der Waals surface area contributed by atoms with Gasteiger partial charge < -0.3 is 10.0 Å². The minimum atomic E-state index is -4.45. The molecule has 6 heteroatoms. The Morgan fingerprint density at radius 2 is 1.91 bits per heavy atom. The highest BCUT2D eigenvalue weighted by atomic mass is 19.4. The number of aliphatic hydroxyl groups excluding tert-OH is 1. The fourth-order valence-corrected chi connectivity index (χ4v) is 2.46. The zero-order chi connectivity index (χ0) is 16.2. The van der Waals surface area contributed by atoms with Crippen LogP contribution in [-0.2, 0) is 17.6 Å². The lowest BCUT2D eigenvalue weighted by Crippen LogP contribution is -2.34. The summed E-state index contributed by atoms with van der Waals surface area (Å²) in [5, 5.41) is 9.23. The van der Waals surface area contributed by atoms with E-state index in [2.05, 4.69) is 0 Å². The van der Waals surface area contributed by atoms with Crippen molar-refractivity contribution in [3.05, 3.63) is 41.0 Å². The zero-order valence-corrected chi connectivity index (χ0v) is 12.1. The van der Waals surface area contributed by atoms with Crippen LogP contribution in [-0.4, -0.2) is 29.0 Å². The second-order valence-corrected chi connectivity index (χ2v) is 5.29. The summed E-state index contributed by atoms with van der Waals surface area (Å²) in [5.41, 5.74) is -0.241. The summed E-state index contributed by atoms with van der Waals surface area (Å²) in [7, 11) is 0. The monoisotopic (exact) mass is 313 g/mol. The molecule has 0 aliphatic carbocycles. The summed E-state index contributed by atoms with van der Waals surface area (Å²) >= 11 is 0. The number of carbonyl (C=O) groups excluding carboxylic acids is 1. The number of alkyl halides is 3. The summed E-state index contributed by atoms with van der Waals surface area (Å²) in [6.45, 7) is 0.910. The molecule has 1 fully saturated rings. The van der Waals surface area contributed by atoms with Crippen molar-refractivity contribution >= 4 is 12.0 Å². The topological polar surface area (TPSA) is 40.5 Å². The first-order valence-corrected chi connectivity index (χ1v) is 7.20. The Balaban J connectivity index is 2.14. The summed E-state index contributed by atoms with van der Waals surface area (Å²) < 4.78 is 37.9. The molecule has 2 rings (SSSR count). The largest absolute Gasteiger partial charge is 0.416 e. The molecular formula is C16H18F3NO2. The molecule has 0 saturated carbocycles. The van der Waals surface area contributed by atoms with Crippen LogP contribution in [0.4, 0.5) is 13.2 Å². The molecule has 0 atom stereocenters. The number of likely N-dealkylation sites (tertiary alicyclic amines) is 1. The molecule has 120 valence electrons. The number of piperidine rings is 1. The Morgan fingerprint density at radius 1 is 1.23 bits per heavy atom. The lowest BCUT2D eigenvalue weighted by molar-refractivity contribution is -0.137. The van der Waals surface area contributed by atoms with Crippen LogP contribution in [0.2, 0.25) is 0 Å². The molecular weight excluding hydrogens is 295 g/mol. The summed E-state index contributed by atoms with van der Waals surface area (Å²) in [6.07, 6.45) is 1.43. The van der Waals surface area contributed by atoms with Crippen LogP contribution in [0.5, 0.6) is 0 Å². The fraction of sp³-hybridized carbons (Fsp3) is 0.438. The molecule has 1 amide bonds. The van der Waals surface area contributed by atoms with Gasteiger partial charge in [0, 0.05) is 19.2 Å². The number of rotatable bonds is 3. The fourth-order valence-electron chi connectivity index (χ4n) is 2.46. The molecule has 1 N–H and O–H groups in total. The van der Waals surface area contributed by atoms with Gasteiger partial charge in [0.1, 0.15) is 0 Å². The number of aliphatic hydroxyl groups is 1. The first-order valence-electron chi connectivity index (χ1n) is 7.20. The summed E-state index contributed by atoms with van der Waals surface area (Å²) in [5.74, 6) is -0.150. The number of nitrogens with zero attached hydrogens (tertiary/aromatic N) is 1. The average molecular weight is 313 g/mol. The van der Waals surface area contributed by atoms with E-state index in [-0.39, 0.29) is 11.5 Å². The molecule has 0 spiro atoms. The van der Waals surface area contributed by atoms with Gasteiger partial charge in [-0.25, -0.2) is 0 Å². The highest BCUT2D eigenvalue weighted by molar-refractivity contribution is 5.92. The second kappa shape index (κ2) is 6.96. The summed E-state index contributed by atoms with van der Waals surface area (Å²) in [4.78, 5) is 13.7. The lowest BCUT2D eigenvalue weighted by atomic mass is 10.0. The van der Waals surface area contributed by atoms with Gasteiger partial charge in [0.25, 0.3) is 0 Å². The van der Waals surface area contributed by atoms with E-state index in [1.54, 1.807) is 4.90 Å². The normalized spacial score (nSPS) is 16.3. The van der Waals surface area contributed by atoms with Crippen molar-refractivity contribution < 1.29 is 23.1 Å². The van der Waals surface area contributed by atoms with E-state index < -0.39 is 18.3 Å². The smallest absolute Gasteiger partial charge is 0.392 e. The third-order valence-corrected chi connectivity index (χ3v) is 3.71. The number of hydrogen-bond acceptors (Lipinski definition) is 2. The van der Waals surface area contributed by atoms with Crippen molar-refractivity contribution in [3.63, 3.8) is 0 Å². The first-order chi connectivity index (χ1) is 10.4. The molecule has 1 aliphatic rings. The Morgan fingerprint density at radius 3 is 2.50 bits per heavy atom. The Bertz CT molecular complexity index is 561. The van der Waals surface area contributed by atoms with Gasteiger partial charge >= 0.3 is 6.18 Å². The highest BCUT2D eigenvalue weighted by Gasteiger charge is 2.30. The van der Waals surface area contributed by atoms with Gasteiger partial charge in [0.15, 0.2) is 0 Å². The third-order valence-electron chi connectivity index (χ3n) is 3.71. The van der Waals surface area contributed by atoms with Crippen LogP contribution in [0.25, 0.3) is 6.08 Å². The van der Waals surface area contributed by atoms with Crippen LogP contribution in [0.1, 0.15) is 36.0 Å². The molecule has 1 aromatic carbocycles. The van der Waals surface area contributed by atoms with Crippen LogP contribution in [0, 0.1) is 0 Å². The van der Waals surface area contributed by atoms with Gasteiger partial charge in [-0.1, -0.05) is 6.07 Å². The van der Waals surface area contributed by atoms with Gasteiger partial charge in [-0.15, -0.1) is 0 Å². The molecule has 0 unspecified atom stereocenters. The number of amides is 1. The zero-order valence-electron chi connectivity index (χ0n) is 12.1. The number of benzene rings is 1. The molecule has 1 aliphatic heterocycles. The maximum absolute atomic E-state index is 12.6. The molecule has 1 aromatic rings. The Labute approximate surface area is 127 Å². The average Bonchev–Trinajstić information content (AvgIpc) is 2.52. The van der Waals surface area contributed by atoms with Crippen molar-refractivity contribution in [2.75, 3.05) is 13.1 Å². The quantitative estimate of drug-likeness (QED) is 0.871. The molecule has 1 saturated heterocycles. The molecule has 0 aromatic heterocycles. The number of carbonyl (C=O) groups is 1. The van der Waals surface area contributed by atoms with E-state index in [4.69, 9.17) is 0 Å². The van der Waals surface area contributed by atoms with E-state index in [1.807, 2.05) is 0 Å². The second-order valence-electron chi connectivity index (χ2n) is 5.29. The Kier molecular flexibility index (Phi) is 5.24. The molecule has 22 heavy (non-hydrogen) atoms. The summed E-state index contributed by atoms with van der Waals surface area (Å²) in [6, 6.07) is 3.13. The van der Waals surface area contributed by atoms with Crippen molar-refractivity contribution in [1.82, 2.24) is 4.90 Å². The van der Waals surface area contributed by atoms with Crippen molar-refractivity contribution in [2.24, 2.45) is 0 Å². The maximum atomic E-state index is 12.6. The van der Waals surface area contributed by atoms with Gasteiger partial charge in [-0.2, -0.15) is 13.2 Å². The van der Waals surface area contributed by atoms with Crippen LogP contribution < -0.4 is 0 Å². The van der Waals surface area contributed by atoms with E-state index >= 15 is 0 Å². The lowest BCUT2D eigenvalue weighted by Gasteiger charge is -2.25. The van der Waals surface area contributed by atoms with E-state index in [0.29, 0.717) is 18.7 Å². The minimum Gasteiger partial charge on any atom is -0.392 e. The van der Waals surface area contributed by atoms with Crippen molar-refractivity contribution in [1.29, 1.82) is 0 Å². The first kappa shape index (κ1) is 16.5. The molecule has 0 radical (unpaired) electrons. The van der Waals surface area contributed by atoms with Gasteiger partial charge in [0.2, 0.25) is 5.91 Å². The third kappa shape index (κ3) is 4.10. The SMILES string of the molecule is O=C(C=Cc1ccc(C(F)(F)F)cc1CO)N1CCCCC1. The van der Waals surface area contributed by atoms with Crippen LogP contribution in [0.15, 0.2) is 24.3 Å². The Hall–Kier alpha value is -1.82.